The van der Waals surface area contributed by atoms with Crippen molar-refractivity contribution in [1.82, 2.24) is 15.1 Å². The van der Waals surface area contributed by atoms with Gasteiger partial charge in [-0.2, -0.15) is 0 Å². The Morgan fingerprint density at radius 3 is 2.18 bits per heavy atom. The van der Waals surface area contributed by atoms with Gasteiger partial charge in [0.15, 0.2) is 5.54 Å². The highest BCUT2D eigenvalue weighted by Gasteiger charge is 2.62. The van der Waals surface area contributed by atoms with Crippen molar-refractivity contribution < 1.29 is 19.1 Å². The number of ether oxygens (including phenoxy) is 2. The van der Waals surface area contributed by atoms with Crippen LogP contribution in [-0.4, -0.2) is 49.1 Å². The highest BCUT2D eigenvalue weighted by Crippen LogP contribution is 2.49. The second-order valence-electron chi connectivity index (χ2n) is 10.7. The number of methoxy groups -OCH3 is 1. The molecule has 0 aliphatic carbocycles. The molecule has 3 amide bonds. The van der Waals surface area contributed by atoms with Crippen LogP contribution in [0.2, 0.25) is 0 Å². The lowest BCUT2D eigenvalue weighted by Crippen LogP contribution is -2.58. The molecule has 0 saturated carbocycles. The van der Waals surface area contributed by atoms with Gasteiger partial charge in [0.1, 0.15) is 24.3 Å². The standard InChI is InChI=1S/C31H37N3O4/c1-30(2,3)27-33(5)28(35)31(34(27)29(36)32-4,25-14-10-11-15-26(25)37-6)20-22-16-18-24(19-17-22)38-21-23-12-8-7-9-13-23/h7-19,27H,20-21H2,1-6H3,(H,32,36). The van der Waals surface area contributed by atoms with Gasteiger partial charge in [0.25, 0.3) is 5.91 Å². The van der Waals surface area contributed by atoms with E-state index in [0.717, 1.165) is 16.9 Å². The second-order valence-corrected chi connectivity index (χ2v) is 10.7. The molecule has 1 aliphatic rings. The molecule has 0 radical (unpaired) electrons. The molecule has 1 heterocycles. The van der Waals surface area contributed by atoms with Gasteiger partial charge in [0, 0.05) is 31.5 Å². The van der Waals surface area contributed by atoms with Gasteiger partial charge in [-0.1, -0.05) is 81.4 Å². The molecule has 38 heavy (non-hydrogen) atoms. The van der Waals surface area contributed by atoms with E-state index >= 15 is 0 Å². The van der Waals surface area contributed by atoms with E-state index in [9.17, 15) is 9.59 Å². The Morgan fingerprint density at radius 2 is 1.58 bits per heavy atom. The number of likely N-dealkylation sites (N-methyl/N-ethyl adjacent to an activating group) is 1. The Labute approximate surface area is 225 Å². The summed E-state index contributed by atoms with van der Waals surface area (Å²) >= 11 is 0. The average molecular weight is 516 g/mol. The minimum atomic E-state index is -1.31. The van der Waals surface area contributed by atoms with Gasteiger partial charge in [0.05, 0.1) is 7.11 Å². The molecule has 1 fully saturated rings. The smallest absolute Gasteiger partial charge is 0.320 e. The maximum Gasteiger partial charge on any atom is 0.320 e. The van der Waals surface area contributed by atoms with Crippen LogP contribution in [0.3, 0.4) is 0 Å². The highest BCUT2D eigenvalue weighted by molar-refractivity contribution is 5.96. The number of benzene rings is 3. The molecule has 3 aromatic carbocycles. The molecule has 4 rings (SSSR count). The van der Waals surface area contributed by atoms with E-state index in [1.807, 2.05) is 99.6 Å². The van der Waals surface area contributed by atoms with Gasteiger partial charge < -0.3 is 19.7 Å². The first-order chi connectivity index (χ1) is 18.1. The summed E-state index contributed by atoms with van der Waals surface area (Å²) in [7, 11) is 4.95. The third-order valence-corrected chi connectivity index (χ3v) is 7.09. The zero-order valence-corrected chi connectivity index (χ0v) is 23.0. The summed E-state index contributed by atoms with van der Waals surface area (Å²) < 4.78 is 11.7. The monoisotopic (exact) mass is 515 g/mol. The number of nitrogens with one attached hydrogen (secondary N) is 1. The summed E-state index contributed by atoms with van der Waals surface area (Å²) in [5, 5.41) is 2.79. The van der Waals surface area contributed by atoms with Crippen LogP contribution < -0.4 is 14.8 Å². The fourth-order valence-electron chi connectivity index (χ4n) is 5.49. The highest BCUT2D eigenvalue weighted by atomic mass is 16.5. The van der Waals surface area contributed by atoms with E-state index in [4.69, 9.17) is 9.47 Å². The summed E-state index contributed by atoms with van der Waals surface area (Å²) in [6.07, 6.45) is -0.205. The van der Waals surface area contributed by atoms with E-state index in [1.165, 1.54) is 0 Å². The summed E-state index contributed by atoms with van der Waals surface area (Å²) in [6.45, 7) is 6.57. The summed E-state index contributed by atoms with van der Waals surface area (Å²) in [5.74, 6) is 1.13. The fourth-order valence-corrected chi connectivity index (χ4v) is 5.49. The van der Waals surface area contributed by atoms with Gasteiger partial charge >= 0.3 is 6.03 Å². The molecule has 7 nitrogen and oxygen atoms in total. The number of para-hydroxylation sites is 1. The predicted molar refractivity (Wildman–Crippen MR) is 148 cm³/mol. The molecule has 7 heteroatoms. The zero-order chi connectivity index (χ0) is 27.5. The Balaban J connectivity index is 1.78. The Bertz CT molecular complexity index is 1270. The Morgan fingerprint density at radius 1 is 0.947 bits per heavy atom. The number of carbonyl (C=O) groups is 2. The van der Waals surface area contributed by atoms with Crippen molar-refractivity contribution in [3.8, 4) is 11.5 Å². The van der Waals surface area contributed by atoms with Gasteiger partial charge in [-0.25, -0.2) is 4.79 Å². The minimum Gasteiger partial charge on any atom is -0.496 e. The maximum absolute atomic E-state index is 14.3. The van der Waals surface area contributed by atoms with E-state index in [2.05, 4.69) is 5.32 Å². The molecular weight excluding hydrogens is 478 g/mol. The van der Waals surface area contributed by atoms with Crippen molar-refractivity contribution in [2.24, 2.45) is 5.41 Å². The lowest BCUT2D eigenvalue weighted by molar-refractivity contribution is -0.133. The first-order valence-electron chi connectivity index (χ1n) is 12.8. The number of urea groups is 1. The molecule has 2 unspecified atom stereocenters. The predicted octanol–water partition coefficient (Wildman–Crippen LogP) is 5.20. The quantitative estimate of drug-likeness (QED) is 0.470. The van der Waals surface area contributed by atoms with Crippen LogP contribution in [-0.2, 0) is 23.4 Å². The largest absolute Gasteiger partial charge is 0.496 e. The van der Waals surface area contributed by atoms with Crippen LogP contribution in [0.5, 0.6) is 11.5 Å². The number of nitrogens with zero attached hydrogens (tertiary/aromatic N) is 2. The third kappa shape index (κ3) is 4.93. The number of rotatable bonds is 7. The van der Waals surface area contributed by atoms with Gasteiger partial charge in [0.2, 0.25) is 0 Å². The van der Waals surface area contributed by atoms with Gasteiger partial charge in [-0.05, 0) is 29.3 Å². The van der Waals surface area contributed by atoms with Crippen LogP contribution >= 0.6 is 0 Å². The molecule has 0 aromatic heterocycles. The van der Waals surface area contributed by atoms with Crippen molar-refractivity contribution in [3.05, 3.63) is 95.6 Å². The lowest BCUT2D eigenvalue weighted by atomic mass is 9.80. The first kappa shape index (κ1) is 27.0. The number of hydrogen-bond acceptors (Lipinski definition) is 4. The van der Waals surface area contributed by atoms with Crippen molar-refractivity contribution >= 4 is 11.9 Å². The molecule has 1 N–H and O–H groups in total. The fraction of sp³-hybridized carbons (Fsp3) is 0.355. The molecule has 1 saturated heterocycles. The minimum absolute atomic E-state index is 0.157. The Hall–Kier alpha value is -4.00. The zero-order valence-electron chi connectivity index (χ0n) is 23.0. The van der Waals surface area contributed by atoms with Gasteiger partial charge in [-0.3, -0.25) is 9.69 Å². The molecule has 3 aromatic rings. The summed E-state index contributed by atoms with van der Waals surface area (Å²) in [6, 6.07) is 24.8. The van der Waals surface area contributed by atoms with Crippen LogP contribution in [0.25, 0.3) is 0 Å². The van der Waals surface area contributed by atoms with E-state index in [1.54, 1.807) is 31.0 Å². The average Bonchev–Trinajstić information content (AvgIpc) is 3.15. The van der Waals surface area contributed by atoms with Crippen molar-refractivity contribution in [2.75, 3.05) is 21.2 Å². The molecule has 0 spiro atoms. The molecular formula is C31H37N3O4. The van der Waals surface area contributed by atoms with Gasteiger partial charge in [-0.15, -0.1) is 0 Å². The lowest BCUT2D eigenvalue weighted by Gasteiger charge is -2.43. The van der Waals surface area contributed by atoms with E-state index in [0.29, 0.717) is 17.9 Å². The van der Waals surface area contributed by atoms with E-state index in [-0.39, 0.29) is 18.4 Å². The summed E-state index contributed by atoms with van der Waals surface area (Å²) in [4.78, 5) is 31.3. The first-order valence-corrected chi connectivity index (χ1v) is 12.8. The topological polar surface area (TPSA) is 71.1 Å². The number of hydrogen-bond donors (Lipinski definition) is 1. The molecule has 200 valence electrons. The number of carbonyl (C=O) groups excluding carboxylic acids is 2. The number of amides is 3. The van der Waals surface area contributed by atoms with Crippen LogP contribution in [0.1, 0.15) is 37.5 Å². The summed E-state index contributed by atoms with van der Waals surface area (Å²) in [5.41, 5.74) is 0.912. The molecule has 1 aliphatic heterocycles. The Kier molecular flexibility index (Phi) is 7.67. The normalized spacial score (nSPS) is 19.4. The van der Waals surface area contributed by atoms with Crippen LogP contribution in [0, 0.1) is 5.41 Å². The van der Waals surface area contributed by atoms with Crippen LogP contribution in [0.15, 0.2) is 78.9 Å². The van der Waals surface area contributed by atoms with Crippen molar-refractivity contribution in [2.45, 2.75) is 45.5 Å². The van der Waals surface area contributed by atoms with Crippen molar-refractivity contribution in [1.29, 1.82) is 0 Å². The third-order valence-electron chi connectivity index (χ3n) is 7.09. The molecule has 2 atom stereocenters. The molecule has 0 bridgehead atoms. The maximum atomic E-state index is 14.3. The SMILES string of the molecule is CNC(=O)N1C(C(C)(C)C)N(C)C(=O)C1(Cc1ccc(OCc2ccccc2)cc1)c1ccccc1OC. The van der Waals surface area contributed by atoms with Crippen LogP contribution in [0.4, 0.5) is 4.79 Å². The second kappa shape index (κ2) is 10.8. The van der Waals surface area contributed by atoms with E-state index < -0.39 is 17.1 Å². The van der Waals surface area contributed by atoms with Crippen molar-refractivity contribution in [3.63, 3.8) is 0 Å².